The summed E-state index contributed by atoms with van der Waals surface area (Å²) in [5, 5.41) is 0.645. The second-order valence-electron chi connectivity index (χ2n) is 8.67. The molecule has 1 unspecified atom stereocenters. The minimum atomic E-state index is -0.0890. The van der Waals surface area contributed by atoms with E-state index >= 15 is 0 Å². The second kappa shape index (κ2) is 9.31. The zero-order chi connectivity index (χ0) is 22.0. The molecule has 0 N–H and O–H groups in total. The van der Waals surface area contributed by atoms with Gasteiger partial charge in [-0.1, -0.05) is 36.2 Å². The molecule has 31 heavy (non-hydrogen) atoms. The van der Waals surface area contributed by atoms with Crippen molar-refractivity contribution in [3.63, 3.8) is 0 Å². The second-order valence-corrected chi connectivity index (χ2v) is 9.10. The lowest BCUT2D eigenvalue weighted by molar-refractivity contribution is 0.0499. The molecule has 1 amide bonds. The smallest absolute Gasteiger partial charge is 0.254 e. The molecule has 0 saturated carbocycles. The van der Waals surface area contributed by atoms with Gasteiger partial charge in [0, 0.05) is 41.8 Å². The maximum Gasteiger partial charge on any atom is 0.254 e. The van der Waals surface area contributed by atoms with Crippen LogP contribution in [0.2, 0.25) is 5.02 Å². The van der Waals surface area contributed by atoms with Gasteiger partial charge in [-0.25, -0.2) is 0 Å². The zero-order valence-corrected chi connectivity index (χ0v) is 19.1. The van der Waals surface area contributed by atoms with Crippen molar-refractivity contribution in [2.45, 2.75) is 58.7 Å². The summed E-state index contributed by atoms with van der Waals surface area (Å²) in [6.45, 7) is 7.01. The van der Waals surface area contributed by atoms with Crippen molar-refractivity contribution in [2.24, 2.45) is 15.9 Å². The van der Waals surface area contributed by atoms with E-state index in [1.165, 1.54) is 0 Å². The number of benzene rings is 1. The number of amides is 1. The minimum absolute atomic E-state index is 0.0890. The predicted octanol–water partition coefficient (Wildman–Crippen LogP) is 5.14. The third-order valence-electron chi connectivity index (χ3n) is 6.28. The summed E-state index contributed by atoms with van der Waals surface area (Å²) < 4.78 is 0. The molecule has 5 nitrogen and oxygen atoms in total. The molecule has 2 aliphatic rings. The first-order chi connectivity index (χ1) is 14.9. The normalized spacial score (nSPS) is 23.2. The van der Waals surface area contributed by atoms with Crippen LogP contribution in [0.1, 0.15) is 60.3 Å². The number of nitrogens with zero attached hydrogens (tertiary/aromatic N) is 4. The molecule has 162 valence electrons. The largest absolute Gasteiger partial charge is 0.335 e. The Hall–Kier alpha value is -2.53. The van der Waals surface area contributed by atoms with Gasteiger partial charge in [-0.15, -0.1) is 0 Å². The Morgan fingerprint density at radius 1 is 1.23 bits per heavy atom. The van der Waals surface area contributed by atoms with Gasteiger partial charge in [0.2, 0.25) is 0 Å². The molecule has 3 atom stereocenters. The van der Waals surface area contributed by atoms with Gasteiger partial charge in [0.1, 0.15) is 6.17 Å². The van der Waals surface area contributed by atoms with E-state index in [0.29, 0.717) is 10.9 Å². The quantitative estimate of drug-likeness (QED) is 0.651. The lowest BCUT2D eigenvalue weighted by atomic mass is 9.86. The number of rotatable bonds is 5. The van der Waals surface area contributed by atoms with Crippen LogP contribution in [0, 0.1) is 12.8 Å². The van der Waals surface area contributed by atoms with E-state index < -0.39 is 0 Å². The number of hydrogen-bond acceptors (Lipinski definition) is 4. The van der Waals surface area contributed by atoms with Crippen LogP contribution in [0.25, 0.3) is 0 Å². The van der Waals surface area contributed by atoms with E-state index in [4.69, 9.17) is 11.6 Å². The van der Waals surface area contributed by atoms with Crippen LogP contribution >= 0.6 is 11.6 Å². The Bertz CT molecular complexity index is 1010. The molecular formula is C25H29ClN4O. The average Bonchev–Trinajstić information content (AvgIpc) is 3.19. The fourth-order valence-electron chi connectivity index (χ4n) is 4.59. The highest BCUT2D eigenvalue weighted by Gasteiger charge is 2.33. The van der Waals surface area contributed by atoms with E-state index in [1.807, 2.05) is 44.2 Å². The predicted molar refractivity (Wildman–Crippen MR) is 126 cm³/mol. The molecular weight excluding hydrogens is 408 g/mol. The molecule has 1 saturated heterocycles. The molecule has 0 bridgehead atoms. The first kappa shape index (κ1) is 21.7. The van der Waals surface area contributed by atoms with Gasteiger partial charge in [-0.2, -0.15) is 0 Å². The molecule has 0 spiro atoms. The first-order valence-electron chi connectivity index (χ1n) is 11.1. The number of aryl methyl sites for hydroxylation is 2. The SMILES string of the molecule is Cc1ccc(C2=NC(C)N=C2)c(C(=O)N2CCC[C@@H](C)[C@H]2CCc2ccc(Cl)cn2)c1. The molecule has 0 aliphatic carbocycles. The van der Waals surface area contributed by atoms with E-state index in [9.17, 15) is 4.79 Å². The molecule has 6 heteroatoms. The Labute approximate surface area is 189 Å². The van der Waals surface area contributed by atoms with Crippen LogP contribution in [-0.4, -0.2) is 46.5 Å². The van der Waals surface area contributed by atoms with Crippen LogP contribution in [0.15, 0.2) is 46.5 Å². The number of hydrogen-bond donors (Lipinski definition) is 0. The Morgan fingerprint density at radius 3 is 2.77 bits per heavy atom. The number of pyridine rings is 1. The standard InChI is InChI=1S/C25H29ClN4O/c1-16-6-10-21(23-15-27-18(3)29-23)22(13-16)25(31)30-12-4-5-17(2)24(30)11-9-20-8-7-19(26)14-28-20/h6-8,10,13-15,17-18,24H,4-5,9,11-12H2,1-3H3/t17-,18?,24-/m1/s1. The summed E-state index contributed by atoms with van der Waals surface area (Å²) in [7, 11) is 0. The Balaban J connectivity index is 1.60. The Kier molecular flexibility index (Phi) is 6.51. The summed E-state index contributed by atoms with van der Waals surface area (Å²) >= 11 is 5.97. The fraction of sp³-hybridized carbons (Fsp3) is 0.440. The molecule has 3 heterocycles. The van der Waals surface area contributed by atoms with Crippen LogP contribution in [-0.2, 0) is 6.42 Å². The van der Waals surface area contributed by atoms with E-state index in [1.54, 1.807) is 12.4 Å². The van der Waals surface area contributed by atoms with Gasteiger partial charge in [-0.05, 0) is 63.6 Å². The number of halogens is 1. The van der Waals surface area contributed by atoms with Crippen molar-refractivity contribution in [2.75, 3.05) is 6.54 Å². The lowest BCUT2D eigenvalue weighted by Gasteiger charge is -2.40. The van der Waals surface area contributed by atoms with E-state index in [-0.39, 0.29) is 18.1 Å². The maximum atomic E-state index is 13.8. The van der Waals surface area contributed by atoms with Crippen molar-refractivity contribution in [1.82, 2.24) is 9.88 Å². The van der Waals surface area contributed by atoms with Crippen molar-refractivity contribution in [3.05, 3.63) is 63.9 Å². The van der Waals surface area contributed by atoms with Crippen LogP contribution in [0.5, 0.6) is 0 Å². The number of carbonyl (C=O) groups is 1. The number of aliphatic imine (C=N–C) groups is 2. The highest BCUT2D eigenvalue weighted by atomic mass is 35.5. The first-order valence-corrected chi connectivity index (χ1v) is 11.4. The molecule has 1 fully saturated rings. The summed E-state index contributed by atoms with van der Waals surface area (Å²) in [4.78, 5) is 29.3. The fourth-order valence-corrected chi connectivity index (χ4v) is 4.70. The number of aromatic nitrogens is 1. The summed E-state index contributed by atoms with van der Waals surface area (Å²) in [6, 6.07) is 10.1. The molecule has 1 aromatic heterocycles. The lowest BCUT2D eigenvalue weighted by Crippen LogP contribution is -2.48. The highest BCUT2D eigenvalue weighted by Crippen LogP contribution is 2.29. The summed E-state index contributed by atoms with van der Waals surface area (Å²) in [5.74, 6) is 0.540. The number of piperidine rings is 1. The third kappa shape index (κ3) is 4.87. The third-order valence-corrected chi connectivity index (χ3v) is 6.50. The monoisotopic (exact) mass is 436 g/mol. The zero-order valence-electron chi connectivity index (χ0n) is 18.4. The van der Waals surface area contributed by atoms with Crippen LogP contribution < -0.4 is 0 Å². The van der Waals surface area contributed by atoms with Crippen molar-refractivity contribution in [3.8, 4) is 0 Å². The molecule has 2 aliphatic heterocycles. The van der Waals surface area contributed by atoms with Crippen molar-refractivity contribution < 1.29 is 4.79 Å². The Morgan fingerprint density at radius 2 is 2.06 bits per heavy atom. The number of likely N-dealkylation sites (tertiary alicyclic amines) is 1. The van der Waals surface area contributed by atoms with E-state index in [0.717, 1.165) is 60.3 Å². The maximum absolute atomic E-state index is 13.8. The van der Waals surface area contributed by atoms with E-state index in [2.05, 4.69) is 26.8 Å². The van der Waals surface area contributed by atoms with Crippen molar-refractivity contribution >= 4 is 29.4 Å². The van der Waals surface area contributed by atoms with Gasteiger partial charge in [0.05, 0.1) is 10.7 Å². The molecule has 2 aromatic rings. The minimum Gasteiger partial charge on any atom is -0.335 e. The van der Waals surface area contributed by atoms with Crippen LogP contribution in [0.3, 0.4) is 0 Å². The number of carbonyl (C=O) groups excluding carboxylic acids is 1. The molecule has 1 aromatic carbocycles. The molecule has 0 radical (unpaired) electrons. The van der Waals surface area contributed by atoms with Crippen molar-refractivity contribution in [1.29, 1.82) is 0 Å². The topological polar surface area (TPSA) is 57.9 Å². The van der Waals surface area contributed by atoms with Gasteiger partial charge in [0.25, 0.3) is 5.91 Å². The highest BCUT2D eigenvalue weighted by molar-refractivity contribution is 6.40. The average molecular weight is 437 g/mol. The van der Waals surface area contributed by atoms with Gasteiger partial charge >= 0.3 is 0 Å². The summed E-state index contributed by atoms with van der Waals surface area (Å²) in [5.41, 5.74) is 4.48. The molecule has 4 rings (SSSR count). The van der Waals surface area contributed by atoms with Gasteiger partial charge in [0.15, 0.2) is 0 Å². The summed E-state index contributed by atoms with van der Waals surface area (Å²) in [6.07, 6.45) is 7.27. The van der Waals surface area contributed by atoms with Gasteiger partial charge < -0.3 is 4.90 Å². The van der Waals surface area contributed by atoms with Gasteiger partial charge in [-0.3, -0.25) is 19.8 Å². The van der Waals surface area contributed by atoms with Crippen LogP contribution in [0.4, 0.5) is 0 Å².